The van der Waals surface area contributed by atoms with Crippen molar-refractivity contribution in [1.82, 2.24) is 4.57 Å². The molecule has 4 saturated carbocycles. The van der Waals surface area contributed by atoms with E-state index in [1.54, 1.807) is 25.1 Å². The number of fused-ring (bicyclic) bond motifs is 1. The van der Waals surface area contributed by atoms with E-state index < -0.39 is 11.9 Å². The number of benzene rings is 1. The van der Waals surface area contributed by atoms with E-state index in [0.29, 0.717) is 27.9 Å². The first-order chi connectivity index (χ1) is 14.7. The lowest BCUT2D eigenvalue weighted by Crippen LogP contribution is -2.47. The third kappa shape index (κ3) is 3.55. The van der Waals surface area contributed by atoms with Gasteiger partial charge in [0.2, 0.25) is 11.8 Å². The van der Waals surface area contributed by atoms with Gasteiger partial charge in [-0.05, 0) is 86.8 Å². The van der Waals surface area contributed by atoms with Gasteiger partial charge in [-0.1, -0.05) is 11.6 Å². The molecule has 0 unspecified atom stereocenters. The number of amides is 2. The molecule has 164 valence electrons. The molecule has 0 saturated heterocycles. The van der Waals surface area contributed by atoms with Crippen LogP contribution in [-0.2, 0) is 9.59 Å². The average Bonchev–Trinajstić information content (AvgIpc) is 2.68. The minimum Gasteiger partial charge on any atom is -0.368 e. The highest BCUT2D eigenvalue weighted by atomic mass is 35.5. The van der Waals surface area contributed by atoms with Gasteiger partial charge in [-0.3, -0.25) is 14.4 Å². The van der Waals surface area contributed by atoms with Crippen LogP contribution in [0.4, 0.5) is 5.69 Å². The van der Waals surface area contributed by atoms with Crippen molar-refractivity contribution in [1.29, 1.82) is 0 Å². The van der Waals surface area contributed by atoms with Gasteiger partial charge >= 0.3 is 0 Å². The van der Waals surface area contributed by atoms with Gasteiger partial charge in [-0.25, -0.2) is 0 Å². The van der Waals surface area contributed by atoms with Crippen LogP contribution < -0.4 is 16.6 Å². The first-order valence-corrected chi connectivity index (χ1v) is 11.5. The average molecular weight is 442 g/mol. The molecule has 1 aromatic carbocycles. The predicted octanol–water partition coefficient (Wildman–Crippen LogP) is 4.25. The van der Waals surface area contributed by atoms with Crippen molar-refractivity contribution in [3.63, 3.8) is 0 Å². The molecule has 4 aliphatic rings. The summed E-state index contributed by atoms with van der Waals surface area (Å²) < 4.78 is 1.31. The summed E-state index contributed by atoms with van der Waals surface area (Å²) in [6.45, 7) is 1.58. The van der Waals surface area contributed by atoms with E-state index in [0.717, 1.165) is 37.0 Å². The molecule has 2 aromatic rings. The maximum Gasteiger partial charge on any atom is 0.259 e. The number of hydrogen-bond donors (Lipinski definition) is 2. The normalized spacial score (nSPS) is 29.8. The summed E-state index contributed by atoms with van der Waals surface area (Å²) in [6, 6.07) is 4.19. The molecule has 31 heavy (non-hydrogen) atoms. The van der Waals surface area contributed by atoms with Gasteiger partial charge in [0.1, 0.15) is 6.04 Å². The van der Waals surface area contributed by atoms with Gasteiger partial charge in [0, 0.05) is 23.4 Å². The van der Waals surface area contributed by atoms with Crippen LogP contribution in [0.25, 0.3) is 10.8 Å². The third-order valence-electron chi connectivity index (χ3n) is 7.86. The van der Waals surface area contributed by atoms with Crippen LogP contribution >= 0.6 is 11.6 Å². The van der Waals surface area contributed by atoms with Gasteiger partial charge in [0.15, 0.2) is 0 Å². The second-order valence-electron chi connectivity index (χ2n) is 10.1. The van der Waals surface area contributed by atoms with E-state index in [2.05, 4.69) is 5.32 Å². The van der Waals surface area contributed by atoms with Crippen molar-refractivity contribution in [2.45, 2.75) is 57.9 Å². The molecule has 1 atom stereocenters. The lowest BCUT2D eigenvalue weighted by atomic mass is 9.49. The van der Waals surface area contributed by atoms with E-state index in [1.165, 1.54) is 30.0 Å². The van der Waals surface area contributed by atoms with Gasteiger partial charge < -0.3 is 15.6 Å². The number of hydrogen-bond acceptors (Lipinski definition) is 3. The number of rotatable bonds is 5. The lowest BCUT2D eigenvalue weighted by Gasteiger charge is -2.56. The maximum atomic E-state index is 13.1. The van der Waals surface area contributed by atoms with E-state index in [1.807, 2.05) is 0 Å². The van der Waals surface area contributed by atoms with Crippen LogP contribution in [0.2, 0.25) is 5.02 Å². The first kappa shape index (κ1) is 20.6. The summed E-state index contributed by atoms with van der Waals surface area (Å²) in [6.07, 6.45) is 9.54. The predicted molar refractivity (Wildman–Crippen MR) is 121 cm³/mol. The Bertz CT molecular complexity index is 1100. The number of nitrogens with zero attached hydrogens (tertiary/aromatic N) is 1. The van der Waals surface area contributed by atoms with Crippen molar-refractivity contribution in [2.75, 3.05) is 5.32 Å². The minimum absolute atomic E-state index is 0.0361. The van der Waals surface area contributed by atoms with Crippen molar-refractivity contribution >= 4 is 39.9 Å². The van der Waals surface area contributed by atoms with Gasteiger partial charge in [-0.2, -0.15) is 0 Å². The van der Waals surface area contributed by atoms with E-state index in [4.69, 9.17) is 17.3 Å². The topological polar surface area (TPSA) is 94.2 Å². The van der Waals surface area contributed by atoms with Gasteiger partial charge in [-0.15, -0.1) is 0 Å². The maximum absolute atomic E-state index is 13.1. The molecule has 0 spiro atoms. The SMILES string of the molecule is C[C@H](C(N)=O)n1ccc2c(NC(=O)CC34CC5CC(CC(C5)C3)C4)c(Cl)ccc2c1=O. The Morgan fingerprint density at radius 3 is 2.32 bits per heavy atom. The largest absolute Gasteiger partial charge is 0.368 e. The quantitative estimate of drug-likeness (QED) is 0.726. The number of primary amides is 1. The van der Waals surface area contributed by atoms with E-state index in [9.17, 15) is 14.4 Å². The number of nitrogens with one attached hydrogen (secondary N) is 1. The summed E-state index contributed by atoms with van der Waals surface area (Å²) in [5.41, 5.74) is 5.62. The first-order valence-electron chi connectivity index (χ1n) is 11.2. The number of halogens is 1. The molecule has 0 aliphatic heterocycles. The highest BCUT2D eigenvalue weighted by Crippen LogP contribution is 2.61. The van der Waals surface area contributed by atoms with Crippen LogP contribution in [-0.4, -0.2) is 16.4 Å². The molecule has 2 amide bonds. The molecular weight excluding hydrogens is 414 g/mol. The molecule has 4 aliphatic carbocycles. The number of carbonyl (C=O) groups is 2. The Morgan fingerprint density at radius 2 is 1.74 bits per heavy atom. The highest BCUT2D eigenvalue weighted by molar-refractivity contribution is 6.35. The third-order valence-corrected chi connectivity index (χ3v) is 8.17. The summed E-state index contributed by atoms with van der Waals surface area (Å²) in [7, 11) is 0. The number of aromatic nitrogens is 1. The summed E-state index contributed by atoms with van der Waals surface area (Å²) in [5, 5.41) is 4.38. The summed E-state index contributed by atoms with van der Waals surface area (Å²) in [4.78, 5) is 37.6. The van der Waals surface area contributed by atoms with Crippen LogP contribution in [0, 0.1) is 23.2 Å². The van der Waals surface area contributed by atoms with Crippen LogP contribution in [0.1, 0.15) is 57.9 Å². The molecule has 4 bridgehead atoms. The Hall–Kier alpha value is -2.34. The number of anilines is 1. The molecule has 7 heteroatoms. The molecule has 0 radical (unpaired) electrons. The molecule has 1 aromatic heterocycles. The van der Waals surface area contributed by atoms with Gasteiger partial charge in [0.05, 0.1) is 10.7 Å². The Kier molecular flexibility index (Phi) is 4.88. The molecule has 6 rings (SSSR count). The monoisotopic (exact) mass is 441 g/mol. The fourth-order valence-corrected chi connectivity index (χ4v) is 7.13. The number of pyridine rings is 1. The number of carbonyl (C=O) groups excluding carboxylic acids is 2. The van der Waals surface area contributed by atoms with E-state index >= 15 is 0 Å². The zero-order valence-electron chi connectivity index (χ0n) is 17.7. The fourth-order valence-electron chi connectivity index (χ4n) is 6.91. The van der Waals surface area contributed by atoms with E-state index in [-0.39, 0.29) is 16.9 Å². The molecule has 6 nitrogen and oxygen atoms in total. The van der Waals surface area contributed by atoms with Crippen molar-refractivity contribution in [3.8, 4) is 0 Å². The van der Waals surface area contributed by atoms with Crippen molar-refractivity contribution in [3.05, 3.63) is 39.8 Å². The summed E-state index contributed by atoms with van der Waals surface area (Å²) in [5.74, 6) is 1.73. The lowest BCUT2D eigenvalue weighted by molar-refractivity contribution is -0.124. The summed E-state index contributed by atoms with van der Waals surface area (Å²) >= 11 is 6.43. The van der Waals surface area contributed by atoms with Crippen LogP contribution in [0.5, 0.6) is 0 Å². The molecule has 1 heterocycles. The zero-order valence-corrected chi connectivity index (χ0v) is 18.5. The van der Waals surface area contributed by atoms with Crippen LogP contribution in [0.15, 0.2) is 29.2 Å². The zero-order chi connectivity index (χ0) is 21.9. The highest BCUT2D eigenvalue weighted by Gasteiger charge is 2.51. The fraction of sp³-hybridized carbons (Fsp3) is 0.542. The Balaban J connectivity index is 1.43. The molecule has 3 N–H and O–H groups in total. The van der Waals surface area contributed by atoms with Crippen LogP contribution in [0.3, 0.4) is 0 Å². The Morgan fingerprint density at radius 1 is 1.13 bits per heavy atom. The standard InChI is InChI=1S/C24H28ClN3O3/c1-13(22(26)30)28-5-4-17-18(23(28)31)2-3-19(25)21(17)27-20(29)12-24-9-14-6-15(10-24)8-16(7-14)11-24/h2-5,13-16H,6-12H2,1H3,(H2,26,30)(H,27,29)/t13-,14?,15?,16?,24?/m1/s1. The number of nitrogens with two attached hydrogens (primary N) is 1. The minimum atomic E-state index is -0.762. The molecular formula is C24H28ClN3O3. The van der Waals surface area contributed by atoms with Gasteiger partial charge in [0.25, 0.3) is 5.56 Å². The second-order valence-corrected chi connectivity index (χ2v) is 10.5. The Labute approximate surface area is 186 Å². The van der Waals surface area contributed by atoms with Crippen molar-refractivity contribution in [2.24, 2.45) is 28.9 Å². The molecule has 4 fully saturated rings. The smallest absolute Gasteiger partial charge is 0.259 e. The van der Waals surface area contributed by atoms with Crippen molar-refractivity contribution < 1.29 is 9.59 Å². The second kappa shape index (κ2) is 7.37.